The molecule has 1 aromatic rings. The first-order chi connectivity index (χ1) is 10.2. The number of halogens is 2. The Balaban J connectivity index is 1.82. The zero-order chi connectivity index (χ0) is 14.7. The molecule has 0 bridgehead atoms. The van der Waals surface area contributed by atoms with E-state index in [4.69, 9.17) is 23.2 Å². The molecule has 1 aromatic carbocycles. The predicted molar refractivity (Wildman–Crippen MR) is 92.0 cm³/mol. The Kier molecular flexibility index (Phi) is 5.26. The summed E-state index contributed by atoms with van der Waals surface area (Å²) in [6.07, 6.45) is 11.6. The first-order valence-electron chi connectivity index (χ1n) is 8.12. The van der Waals surface area contributed by atoms with Crippen LogP contribution in [0, 0.1) is 5.92 Å². The molecule has 0 atom stereocenters. The second-order valence-electron chi connectivity index (χ2n) is 6.34. The minimum atomic E-state index is 0.692. The Morgan fingerprint density at radius 2 is 1.71 bits per heavy atom. The standard InChI is InChI=1S/C18H23Cl2N/c19-17-7-4-8-18(20)16(17)11-14(12-21-15-9-10-15)13-5-2-1-3-6-13/h4,7-8,11,13,15,21H,1-3,5-6,9-10,12H2/b14-11-. The Bertz CT molecular complexity index is 494. The Morgan fingerprint density at radius 3 is 2.33 bits per heavy atom. The van der Waals surface area contributed by atoms with Crippen molar-refractivity contribution in [3.05, 3.63) is 39.4 Å². The minimum Gasteiger partial charge on any atom is -0.310 e. The van der Waals surface area contributed by atoms with E-state index >= 15 is 0 Å². The maximum atomic E-state index is 6.34. The monoisotopic (exact) mass is 323 g/mol. The highest BCUT2D eigenvalue weighted by atomic mass is 35.5. The molecule has 2 aliphatic rings. The molecule has 0 unspecified atom stereocenters. The molecule has 0 radical (unpaired) electrons. The average Bonchev–Trinajstić information content (AvgIpc) is 3.31. The molecule has 1 nitrogen and oxygen atoms in total. The van der Waals surface area contributed by atoms with Crippen molar-refractivity contribution in [3.8, 4) is 0 Å². The van der Waals surface area contributed by atoms with Crippen LogP contribution < -0.4 is 5.32 Å². The van der Waals surface area contributed by atoms with Gasteiger partial charge < -0.3 is 5.32 Å². The van der Waals surface area contributed by atoms with E-state index < -0.39 is 0 Å². The molecule has 0 saturated heterocycles. The maximum Gasteiger partial charge on any atom is 0.0493 e. The molecule has 3 rings (SSSR count). The van der Waals surface area contributed by atoms with Gasteiger partial charge in [0.1, 0.15) is 0 Å². The molecule has 0 spiro atoms. The zero-order valence-electron chi connectivity index (χ0n) is 12.4. The summed E-state index contributed by atoms with van der Waals surface area (Å²) in [5.41, 5.74) is 2.47. The van der Waals surface area contributed by atoms with E-state index in [1.807, 2.05) is 18.2 Å². The molecule has 1 N–H and O–H groups in total. The van der Waals surface area contributed by atoms with Crippen LogP contribution in [0.3, 0.4) is 0 Å². The largest absolute Gasteiger partial charge is 0.310 e. The highest BCUT2D eigenvalue weighted by Gasteiger charge is 2.23. The first-order valence-corrected chi connectivity index (χ1v) is 8.87. The van der Waals surface area contributed by atoms with Gasteiger partial charge in [-0.25, -0.2) is 0 Å². The van der Waals surface area contributed by atoms with Crippen LogP contribution in [0.1, 0.15) is 50.5 Å². The molecule has 21 heavy (non-hydrogen) atoms. The van der Waals surface area contributed by atoms with Gasteiger partial charge in [-0.05, 0) is 43.7 Å². The van der Waals surface area contributed by atoms with Crippen LogP contribution >= 0.6 is 23.2 Å². The number of hydrogen-bond acceptors (Lipinski definition) is 1. The lowest BCUT2D eigenvalue weighted by Gasteiger charge is -2.25. The molecule has 0 aromatic heterocycles. The normalized spacial score (nSPS) is 20.8. The number of hydrogen-bond donors (Lipinski definition) is 1. The van der Waals surface area contributed by atoms with Gasteiger partial charge in [0.15, 0.2) is 0 Å². The Hall–Kier alpha value is -0.500. The molecule has 2 saturated carbocycles. The molecule has 0 heterocycles. The summed E-state index contributed by atoms with van der Waals surface area (Å²) < 4.78 is 0. The van der Waals surface area contributed by atoms with Crippen LogP contribution in [-0.4, -0.2) is 12.6 Å². The average molecular weight is 324 g/mol. The molecule has 2 aliphatic carbocycles. The van der Waals surface area contributed by atoms with Gasteiger partial charge in [-0.15, -0.1) is 0 Å². The van der Waals surface area contributed by atoms with E-state index in [2.05, 4.69) is 11.4 Å². The van der Waals surface area contributed by atoms with Gasteiger partial charge in [0.2, 0.25) is 0 Å². The van der Waals surface area contributed by atoms with Crippen molar-refractivity contribution in [2.75, 3.05) is 6.54 Å². The summed E-state index contributed by atoms with van der Waals surface area (Å²) in [5, 5.41) is 5.16. The van der Waals surface area contributed by atoms with Crippen LogP contribution in [0.25, 0.3) is 6.08 Å². The fraction of sp³-hybridized carbons (Fsp3) is 0.556. The topological polar surface area (TPSA) is 12.0 Å². The van der Waals surface area contributed by atoms with Crippen molar-refractivity contribution < 1.29 is 0 Å². The highest BCUT2D eigenvalue weighted by molar-refractivity contribution is 6.37. The maximum absolute atomic E-state index is 6.34. The smallest absolute Gasteiger partial charge is 0.0493 e. The third-order valence-electron chi connectivity index (χ3n) is 4.63. The molecule has 3 heteroatoms. The fourth-order valence-corrected chi connectivity index (χ4v) is 3.68. The van der Waals surface area contributed by atoms with Crippen LogP contribution in [-0.2, 0) is 0 Å². The summed E-state index contributed by atoms with van der Waals surface area (Å²) in [6, 6.07) is 6.49. The predicted octanol–water partition coefficient (Wildman–Crippen LogP) is 5.71. The second-order valence-corrected chi connectivity index (χ2v) is 7.16. The lowest BCUT2D eigenvalue weighted by Crippen LogP contribution is -2.24. The minimum absolute atomic E-state index is 0.692. The summed E-state index contributed by atoms with van der Waals surface area (Å²) in [5.74, 6) is 0.692. The Labute approximate surface area is 137 Å². The highest BCUT2D eigenvalue weighted by Crippen LogP contribution is 2.34. The van der Waals surface area contributed by atoms with Gasteiger partial charge >= 0.3 is 0 Å². The first kappa shape index (κ1) is 15.4. The summed E-state index contributed by atoms with van der Waals surface area (Å²) in [7, 11) is 0. The summed E-state index contributed by atoms with van der Waals surface area (Å²) in [6.45, 7) is 0.983. The fourth-order valence-electron chi connectivity index (χ4n) is 3.17. The van der Waals surface area contributed by atoms with Gasteiger partial charge in [-0.1, -0.05) is 60.2 Å². The molecule has 0 amide bonds. The lowest BCUT2D eigenvalue weighted by molar-refractivity contribution is 0.396. The number of nitrogens with one attached hydrogen (secondary N) is 1. The van der Waals surface area contributed by atoms with Gasteiger partial charge in [-0.3, -0.25) is 0 Å². The van der Waals surface area contributed by atoms with Crippen molar-refractivity contribution >= 4 is 29.3 Å². The van der Waals surface area contributed by atoms with Crippen LogP contribution in [0.15, 0.2) is 23.8 Å². The van der Waals surface area contributed by atoms with Gasteiger partial charge in [0.25, 0.3) is 0 Å². The van der Waals surface area contributed by atoms with E-state index in [1.165, 1.54) is 50.5 Å². The Morgan fingerprint density at radius 1 is 1.05 bits per heavy atom. The van der Waals surface area contributed by atoms with E-state index in [0.29, 0.717) is 5.92 Å². The SMILES string of the molecule is Clc1cccc(Cl)c1/C=C(/CNC1CC1)C1CCCCC1. The van der Waals surface area contributed by atoms with Crippen molar-refractivity contribution in [2.45, 2.75) is 51.0 Å². The molecule has 114 valence electrons. The van der Waals surface area contributed by atoms with Crippen molar-refractivity contribution in [2.24, 2.45) is 5.92 Å². The van der Waals surface area contributed by atoms with E-state index in [1.54, 1.807) is 0 Å². The lowest BCUT2D eigenvalue weighted by atomic mass is 9.83. The van der Waals surface area contributed by atoms with Crippen LogP contribution in [0.2, 0.25) is 10.0 Å². The van der Waals surface area contributed by atoms with Gasteiger partial charge in [-0.2, -0.15) is 0 Å². The summed E-state index contributed by atoms with van der Waals surface area (Å²) in [4.78, 5) is 0. The van der Waals surface area contributed by atoms with E-state index in [9.17, 15) is 0 Å². The van der Waals surface area contributed by atoms with Crippen molar-refractivity contribution in [3.63, 3.8) is 0 Å². The quantitative estimate of drug-likeness (QED) is 0.731. The van der Waals surface area contributed by atoms with E-state index in [0.717, 1.165) is 28.2 Å². The molecular weight excluding hydrogens is 301 g/mol. The molecular formula is C18H23Cl2N. The zero-order valence-corrected chi connectivity index (χ0v) is 13.9. The van der Waals surface area contributed by atoms with Crippen molar-refractivity contribution in [1.29, 1.82) is 0 Å². The van der Waals surface area contributed by atoms with Crippen LogP contribution in [0.4, 0.5) is 0 Å². The number of benzene rings is 1. The van der Waals surface area contributed by atoms with Gasteiger partial charge in [0.05, 0.1) is 0 Å². The third kappa shape index (κ3) is 4.25. The summed E-state index contributed by atoms with van der Waals surface area (Å²) >= 11 is 12.7. The second kappa shape index (κ2) is 7.17. The third-order valence-corrected chi connectivity index (χ3v) is 5.29. The van der Waals surface area contributed by atoms with Crippen LogP contribution in [0.5, 0.6) is 0 Å². The van der Waals surface area contributed by atoms with E-state index in [-0.39, 0.29) is 0 Å². The van der Waals surface area contributed by atoms with Gasteiger partial charge in [0, 0.05) is 28.2 Å². The molecule has 2 fully saturated rings. The molecule has 0 aliphatic heterocycles. The van der Waals surface area contributed by atoms with Crippen molar-refractivity contribution in [1.82, 2.24) is 5.32 Å². The number of rotatable bonds is 5.